The van der Waals surface area contributed by atoms with E-state index in [9.17, 15) is 5.11 Å². The maximum atomic E-state index is 9.31. The standard InChI is InChI=1S/C28H44O2/c1-3-4-5-6-7-8-11-14-21-30-28-20-19-26-22-25(17-18-27(26)23-28)16-13-10-9-12-15-24(2)29/h17-20,22-24,29H,3-16,21H2,1-2H3. The van der Waals surface area contributed by atoms with Crippen LogP contribution in [-0.2, 0) is 6.42 Å². The minimum absolute atomic E-state index is 0.153. The van der Waals surface area contributed by atoms with Crippen LogP contribution in [0.15, 0.2) is 36.4 Å². The number of aryl methyl sites for hydroxylation is 1. The number of hydrogen-bond donors (Lipinski definition) is 1. The minimum atomic E-state index is -0.153. The van der Waals surface area contributed by atoms with Crippen LogP contribution in [0.3, 0.4) is 0 Å². The summed E-state index contributed by atoms with van der Waals surface area (Å²) in [6.45, 7) is 4.98. The third kappa shape index (κ3) is 10.5. The van der Waals surface area contributed by atoms with Crippen LogP contribution in [0.4, 0.5) is 0 Å². The number of ether oxygens (including phenoxy) is 1. The first-order valence-corrected chi connectivity index (χ1v) is 12.5. The number of rotatable bonds is 17. The van der Waals surface area contributed by atoms with Crippen molar-refractivity contribution in [1.82, 2.24) is 0 Å². The zero-order valence-corrected chi connectivity index (χ0v) is 19.5. The van der Waals surface area contributed by atoms with Crippen LogP contribution in [0.2, 0.25) is 0 Å². The Morgan fingerprint density at radius 3 is 2.13 bits per heavy atom. The first-order chi connectivity index (χ1) is 14.7. The lowest BCUT2D eigenvalue weighted by atomic mass is 10.0. The van der Waals surface area contributed by atoms with Crippen LogP contribution in [0.1, 0.15) is 103 Å². The average molecular weight is 413 g/mol. The van der Waals surface area contributed by atoms with E-state index in [-0.39, 0.29) is 6.10 Å². The molecular weight excluding hydrogens is 368 g/mol. The van der Waals surface area contributed by atoms with E-state index in [0.29, 0.717) is 0 Å². The lowest BCUT2D eigenvalue weighted by molar-refractivity contribution is 0.180. The Labute approximate surface area is 185 Å². The molecule has 0 heterocycles. The van der Waals surface area contributed by atoms with Crippen LogP contribution < -0.4 is 4.74 Å². The summed E-state index contributed by atoms with van der Waals surface area (Å²) in [6.07, 6.45) is 17.4. The molecule has 0 aliphatic carbocycles. The molecule has 2 rings (SSSR count). The van der Waals surface area contributed by atoms with Crippen molar-refractivity contribution >= 4 is 10.8 Å². The molecule has 2 heteroatoms. The highest BCUT2D eigenvalue weighted by molar-refractivity contribution is 5.84. The number of benzene rings is 2. The number of hydrogen-bond acceptors (Lipinski definition) is 2. The number of unbranched alkanes of at least 4 members (excludes halogenated alkanes) is 10. The largest absolute Gasteiger partial charge is 0.494 e. The number of aliphatic hydroxyl groups is 1. The molecule has 0 amide bonds. The summed E-state index contributed by atoms with van der Waals surface area (Å²) < 4.78 is 5.99. The van der Waals surface area contributed by atoms with E-state index in [2.05, 4.69) is 43.3 Å². The van der Waals surface area contributed by atoms with Gasteiger partial charge in [-0.05, 0) is 61.1 Å². The van der Waals surface area contributed by atoms with E-state index in [1.165, 1.54) is 80.5 Å². The van der Waals surface area contributed by atoms with Crippen LogP contribution in [0.25, 0.3) is 10.8 Å². The molecule has 0 aliphatic rings. The summed E-state index contributed by atoms with van der Waals surface area (Å²) in [7, 11) is 0. The summed E-state index contributed by atoms with van der Waals surface area (Å²) >= 11 is 0. The van der Waals surface area contributed by atoms with E-state index < -0.39 is 0 Å². The molecule has 30 heavy (non-hydrogen) atoms. The first-order valence-electron chi connectivity index (χ1n) is 12.5. The van der Waals surface area contributed by atoms with Crippen molar-refractivity contribution in [3.63, 3.8) is 0 Å². The van der Waals surface area contributed by atoms with Crippen molar-refractivity contribution in [2.45, 2.75) is 110 Å². The summed E-state index contributed by atoms with van der Waals surface area (Å²) in [5.74, 6) is 0.997. The van der Waals surface area contributed by atoms with Gasteiger partial charge in [0.1, 0.15) is 5.75 Å². The highest BCUT2D eigenvalue weighted by Crippen LogP contribution is 2.23. The van der Waals surface area contributed by atoms with Crippen molar-refractivity contribution in [2.75, 3.05) is 6.61 Å². The van der Waals surface area contributed by atoms with Gasteiger partial charge in [0.2, 0.25) is 0 Å². The molecule has 0 radical (unpaired) electrons. The van der Waals surface area contributed by atoms with Crippen molar-refractivity contribution in [3.8, 4) is 5.75 Å². The van der Waals surface area contributed by atoms with Crippen molar-refractivity contribution in [3.05, 3.63) is 42.0 Å². The summed E-state index contributed by atoms with van der Waals surface area (Å²) in [4.78, 5) is 0. The lowest BCUT2D eigenvalue weighted by Gasteiger charge is -2.09. The fourth-order valence-corrected chi connectivity index (χ4v) is 4.07. The topological polar surface area (TPSA) is 29.5 Å². The second-order valence-electron chi connectivity index (χ2n) is 8.97. The molecule has 2 nitrogen and oxygen atoms in total. The van der Waals surface area contributed by atoms with E-state index in [0.717, 1.165) is 38.0 Å². The van der Waals surface area contributed by atoms with E-state index >= 15 is 0 Å². The zero-order chi connectivity index (χ0) is 21.4. The molecule has 0 spiro atoms. The van der Waals surface area contributed by atoms with Gasteiger partial charge in [0, 0.05) is 0 Å². The lowest BCUT2D eigenvalue weighted by Crippen LogP contribution is -1.98. The maximum absolute atomic E-state index is 9.31. The second-order valence-corrected chi connectivity index (χ2v) is 8.97. The van der Waals surface area contributed by atoms with Crippen LogP contribution >= 0.6 is 0 Å². The SMILES string of the molecule is CCCCCCCCCCOc1ccc2cc(CCCCCCC(C)O)ccc2c1. The summed E-state index contributed by atoms with van der Waals surface area (Å²) in [5.41, 5.74) is 1.42. The molecule has 0 saturated heterocycles. The molecular formula is C28H44O2. The second kappa shape index (κ2) is 15.3. The van der Waals surface area contributed by atoms with Gasteiger partial charge in [0.05, 0.1) is 12.7 Å². The van der Waals surface area contributed by atoms with Gasteiger partial charge < -0.3 is 9.84 Å². The van der Waals surface area contributed by atoms with E-state index in [4.69, 9.17) is 4.74 Å². The Hall–Kier alpha value is -1.54. The van der Waals surface area contributed by atoms with Gasteiger partial charge in [-0.1, -0.05) is 95.4 Å². The van der Waals surface area contributed by atoms with Crippen LogP contribution in [0.5, 0.6) is 5.75 Å². The molecule has 0 aromatic heterocycles. The Morgan fingerprint density at radius 1 is 0.733 bits per heavy atom. The number of aliphatic hydroxyl groups excluding tert-OH is 1. The minimum Gasteiger partial charge on any atom is -0.494 e. The molecule has 1 N–H and O–H groups in total. The molecule has 168 valence electrons. The van der Waals surface area contributed by atoms with E-state index in [1.807, 2.05) is 6.92 Å². The normalized spacial score (nSPS) is 12.4. The predicted molar refractivity (Wildman–Crippen MR) is 131 cm³/mol. The van der Waals surface area contributed by atoms with E-state index in [1.54, 1.807) is 0 Å². The Morgan fingerprint density at radius 2 is 1.37 bits per heavy atom. The first kappa shape index (κ1) is 24.7. The van der Waals surface area contributed by atoms with Gasteiger partial charge in [0.15, 0.2) is 0 Å². The molecule has 2 aromatic carbocycles. The van der Waals surface area contributed by atoms with Crippen molar-refractivity contribution in [2.24, 2.45) is 0 Å². The third-order valence-corrected chi connectivity index (χ3v) is 5.98. The van der Waals surface area contributed by atoms with Crippen molar-refractivity contribution < 1.29 is 9.84 Å². The molecule has 1 atom stereocenters. The molecule has 0 fully saturated rings. The Kier molecular flexibility index (Phi) is 12.6. The maximum Gasteiger partial charge on any atom is 0.119 e. The monoisotopic (exact) mass is 412 g/mol. The summed E-state index contributed by atoms with van der Waals surface area (Å²) in [6, 6.07) is 13.3. The molecule has 0 bridgehead atoms. The molecule has 0 saturated carbocycles. The fourth-order valence-electron chi connectivity index (χ4n) is 4.07. The average Bonchev–Trinajstić information content (AvgIpc) is 2.74. The summed E-state index contributed by atoms with van der Waals surface area (Å²) in [5, 5.41) is 11.9. The molecule has 0 aliphatic heterocycles. The fraction of sp³-hybridized carbons (Fsp3) is 0.643. The van der Waals surface area contributed by atoms with Crippen molar-refractivity contribution in [1.29, 1.82) is 0 Å². The van der Waals surface area contributed by atoms with Crippen LogP contribution in [-0.4, -0.2) is 17.8 Å². The molecule has 2 aromatic rings. The Balaban J connectivity index is 1.64. The van der Waals surface area contributed by atoms with Gasteiger partial charge in [-0.3, -0.25) is 0 Å². The van der Waals surface area contributed by atoms with Gasteiger partial charge in [-0.25, -0.2) is 0 Å². The van der Waals surface area contributed by atoms with Gasteiger partial charge >= 0.3 is 0 Å². The predicted octanol–water partition coefficient (Wildman–Crippen LogP) is 8.23. The highest BCUT2D eigenvalue weighted by Gasteiger charge is 2.01. The van der Waals surface area contributed by atoms with Gasteiger partial charge in [-0.2, -0.15) is 0 Å². The highest BCUT2D eigenvalue weighted by atomic mass is 16.5. The van der Waals surface area contributed by atoms with Gasteiger partial charge in [0.25, 0.3) is 0 Å². The van der Waals surface area contributed by atoms with Gasteiger partial charge in [-0.15, -0.1) is 0 Å². The quantitative estimate of drug-likeness (QED) is 0.265. The smallest absolute Gasteiger partial charge is 0.119 e. The Bertz CT molecular complexity index is 692. The zero-order valence-electron chi connectivity index (χ0n) is 19.5. The molecule has 1 unspecified atom stereocenters. The number of fused-ring (bicyclic) bond motifs is 1. The third-order valence-electron chi connectivity index (χ3n) is 5.98. The van der Waals surface area contributed by atoms with Crippen LogP contribution in [0, 0.1) is 0 Å².